The predicted octanol–water partition coefficient (Wildman–Crippen LogP) is 2.20. The number of hydrogen-bond acceptors (Lipinski definition) is 4. The van der Waals surface area contributed by atoms with Gasteiger partial charge in [0.25, 0.3) is 5.91 Å². The van der Waals surface area contributed by atoms with E-state index >= 15 is 0 Å². The third-order valence-corrected chi connectivity index (χ3v) is 4.14. The van der Waals surface area contributed by atoms with E-state index in [0.29, 0.717) is 16.4 Å². The van der Waals surface area contributed by atoms with Crippen LogP contribution >= 0.6 is 11.6 Å². The highest BCUT2D eigenvalue weighted by atomic mass is 35.5. The molecule has 0 aliphatic carbocycles. The fourth-order valence-corrected chi connectivity index (χ4v) is 2.62. The van der Waals surface area contributed by atoms with Gasteiger partial charge < -0.3 is 10.6 Å². The van der Waals surface area contributed by atoms with Gasteiger partial charge in [-0.05, 0) is 42.5 Å². The molecule has 126 valence electrons. The zero-order chi connectivity index (χ0) is 17.9. The Morgan fingerprint density at radius 2 is 1.67 bits per heavy atom. The molecule has 0 heterocycles. The van der Waals surface area contributed by atoms with Crippen LogP contribution in [0.15, 0.2) is 47.4 Å². The molecule has 2 aromatic carbocycles. The lowest BCUT2D eigenvalue weighted by atomic mass is 10.1. The van der Waals surface area contributed by atoms with Crippen LogP contribution in [0.25, 0.3) is 0 Å². The smallest absolute Gasteiger partial charge is 0.257 e. The van der Waals surface area contributed by atoms with Crippen LogP contribution in [-0.2, 0) is 14.8 Å². The molecule has 0 aliphatic heterocycles. The van der Waals surface area contributed by atoms with Crippen LogP contribution in [0.2, 0.25) is 5.02 Å². The number of rotatable bonds is 4. The summed E-state index contributed by atoms with van der Waals surface area (Å²) in [6, 6.07) is 9.84. The summed E-state index contributed by atoms with van der Waals surface area (Å²) in [4.78, 5) is 23.5. The van der Waals surface area contributed by atoms with Gasteiger partial charge in [0.05, 0.1) is 16.1 Å². The lowest BCUT2D eigenvalue weighted by Crippen LogP contribution is -2.17. The first-order valence-electron chi connectivity index (χ1n) is 6.68. The zero-order valence-electron chi connectivity index (χ0n) is 12.5. The van der Waals surface area contributed by atoms with Crippen LogP contribution in [0.1, 0.15) is 17.3 Å². The number of nitrogens with one attached hydrogen (secondary N) is 2. The third kappa shape index (κ3) is 4.54. The van der Waals surface area contributed by atoms with Crippen LogP contribution in [0.5, 0.6) is 0 Å². The summed E-state index contributed by atoms with van der Waals surface area (Å²) < 4.78 is 22.4. The standard InChI is InChI=1S/C15H14ClN3O4S/c1-9(20)18-14-7-2-10(16)8-13(14)15(21)19-11-3-5-12(6-4-11)24(17,22)23/h2-8H,1H3,(H,18,20)(H,19,21)(H2,17,22,23). The van der Waals surface area contributed by atoms with Gasteiger partial charge in [-0.3, -0.25) is 9.59 Å². The first kappa shape index (κ1) is 17.9. The van der Waals surface area contributed by atoms with Crippen LogP contribution < -0.4 is 15.8 Å². The van der Waals surface area contributed by atoms with Gasteiger partial charge in [0.15, 0.2) is 0 Å². The Kier molecular flexibility index (Phi) is 5.23. The highest BCUT2D eigenvalue weighted by Gasteiger charge is 2.14. The normalized spacial score (nSPS) is 11.0. The van der Waals surface area contributed by atoms with Crippen molar-refractivity contribution < 1.29 is 18.0 Å². The second-order valence-corrected chi connectivity index (χ2v) is 6.89. The van der Waals surface area contributed by atoms with Gasteiger partial charge >= 0.3 is 0 Å². The Bertz CT molecular complexity index is 895. The number of halogens is 1. The number of primary sulfonamides is 1. The maximum atomic E-state index is 12.4. The minimum atomic E-state index is -3.80. The second-order valence-electron chi connectivity index (χ2n) is 4.89. The molecule has 7 nitrogen and oxygen atoms in total. The van der Waals surface area contributed by atoms with E-state index in [-0.39, 0.29) is 16.4 Å². The molecule has 0 aliphatic rings. The Morgan fingerprint density at radius 1 is 1.04 bits per heavy atom. The van der Waals surface area contributed by atoms with Crippen LogP contribution in [0.3, 0.4) is 0 Å². The summed E-state index contributed by atoms with van der Waals surface area (Å²) in [5, 5.41) is 10.5. The third-order valence-electron chi connectivity index (χ3n) is 2.98. The van der Waals surface area contributed by atoms with E-state index in [9.17, 15) is 18.0 Å². The van der Waals surface area contributed by atoms with Crippen molar-refractivity contribution in [3.05, 3.63) is 53.1 Å². The van der Waals surface area contributed by atoms with Crippen molar-refractivity contribution in [3.63, 3.8) is 0 Å². The Labute approximate surface area is 143 Å². The number of benzene rings is 2. The number of sulfonamides is 1. The molecule has 0 saturated heterocycles. The Balaban J connectivity index is 2.26. The maximum absolute atomic E-state index is 12.4. The molecule has 0 aromatic heterocycles. The molecule has 0 fully saturated rings. The van der Waals surface area contributed by atoms with Crippen molar-refractivity contribution in [1.29, 1.82) is 0 Å². The quantitative estimate of drug-likeness (QED) is 0.767. The number of amides is 2. The van der Waals surface area contributed by atoms with Crippen LogP contribution in [-0.4, -0.2) is 20.2 Å². The van der Waals surface area contributed by atoms with Gasteiger partial charge in [-0.1, -0.05) is 11.6 Å². The minimum Gasteiger partial charge on any atom is -0.326 e. The van der Waals surface area contributed by atoms with Gasteiger partial charge in [-0.2, -0.15) is 0 Å². The van der Waals surface area contributed by atoms with Crippen LogP contribution in [0, 0.1) is 0 Å². The van der Waals surface area contributed by atoms with Crippen molar-refractivity contribution in [2.24, 2.45) is 5.14 Å². The van der Waals surface area contributed by atoms with Gasteiger partial charge in [-0.15, -0.1) is 0 Å². The molecule has 9 heteroatoms. The summed E-state index contributed by atoms with van der Waals surface area (Å²) in [6.45, 7) is 1.32. The molecule has 4 N–H and O–H groups in total. The summed E-state index contributed by atoms with van der Waals surface area (Å²) in [5.41, 5.74) is 0.847. The van der Waals surface area contributed by atoms with E-state index in [2.05, 4.69) is 10.6 Å². The minimum absolute atomic E-state index is 0.0674. The Hall–Kier alpha value is -2.42. The lowest BCUT2D eigenvalue weighted by Gasteiger charge is -2.11. The van der Waals surface area contributed by atoms with E-state index in [1.54, 1.807) is 6.07 Å². The van der Waals surface area contributed by atoms with Gasteiger partial charge in [0.2, 0.25) is 15.9 Å². The van der Waals surface area contributed by atoms with Gasteiger partial charge in [-0.25, -0.2) is 13.6 Å². The van der Waals surface area contributed by atoms with E-state index in [1.165, 1.54) is 43.3 Å². The predicted molar refractivity (Wildman–Crippen MR) is 91.5 cm³/mol. The molecule has 0 radical (unpaired) electrons. The van der Waals surface area contributed by atoms with E-state index in [1.807, 2.05) is 0 Å². The van der Waals surface area contributed by atoms with Crippen molar-refractivity contribution >= 4 is 44.8 Å². The van der Waals surface area contributed by atoms with E-state index in [4.69, 9.17) is 16.7 Å². The van der Waals surface area contributed by atoms with Crippen molar-refractivity contribution in [3.8, 4) is 0 Å². The number of anilines is 2. The number of hydrogen-bond donors (Lipinski definition) is 3. The molecular weight excluding hydrogens is 354 g/mol. The summed E-state index contributed by atoms with van der Waals surface area (Å²) in [7, 11) is -3.80. The monoisotopic (exact) mass is 367 g/mol. The first-order chi connectivity index (χ1) is 11.2. The molecule has 0 bridgehead atoms. The largest absolute Gasteiger partial charge is 0.326 e. The molecule has 0 unspecified atom stereocenters. The van der Waals surface area contributed by atoms with Crippen molar-refractivity contribution in [2.75, 3.05) is 10.6 Å². The van der Waals surface area contributed by atoms with Crippen molar-refractivity contribution in [2.45, 2.75) is 11.8 Å². The number of carbonyl (C=O) groups is 2. The highest BCUT2D eigenvalue weighted by molar-refractivity contribution is 7.89. The van der Waals surface area contributed by atoms with Crippen LogP contribution in [0.4, 0.5) is 11.4 Å². The lowest BCUT2D eigenvalue weighted by molar-refractivity contribution is -0.114. The number of carbonyl (C=O) groups excluding carboxylic acids is 2. The summed E-state index contributed by atoms with van der Waals surface area (Å²) in [5.74, 6) is -0.839. The second kappa shape index (κ2) is 7.00. The number of nitrogens with two attached hydrogens (primary N) is 1. The van der Waals surface area contributed by atoms with E-state index in [0.717, 1.165) is 0 Å². The van der Waals surface area contributed by atoms with Crippen molar-refractivity contribution in [1.82, 2.24) is 0 Å². The zero-order valence-corrected chi connectivity index (χ0v) is 14.1. The summed E-state index contributed by atoms with van der Waals surface area (Å²) >= 11 is 5.90. The maximum Gasteiger partial charge on any atom is 0.257 e. The van der Waals surface area contributed by atoms with E-state index < -0.39 is 15.9 Å². The molecule has 0 atom stereocenters. The summed E-state index contributed by atoms with van der Waals surface area (Å²) in [6.07, 6.45) is 0. The Morgan fingerprint density at radius 3 is 2.21 bits per heavy atom. The molecule has 2 amide bonds. The molecular formula is C15H14ClN3O4S. The molecule has 2 rings (SSSR count). The van der Waals surface area contributed by atoms with Gasteiger partial charge in [0.1, 0.15) is 0 Å². The average molecular weight is 368 g/mol. The topological polar surface area (TPSA) is 118 Å². The molecule has 2 aromatic rings. The SMILES string of the molecule is CC(=O)Nc1ccc(Cl)cc1C(=O)Nc1ccc(S(N)(=O)=O)cc1. The highest BCUT2D eigenvalue weighted by Crippen LogP contribution is 2.22. The van der Waals surface area contributed by atoms with Gasteiger partial charge in [0, 0.05) is 17.6 Å². The first-order valence-corrected chi connectivity index (χ1v) is 8.60. The fourth-order valence-electron chi connectivity index (χ4n) is 1.93. The average Bonchev–Trinajstić information content (AvgIpc) is 2.48. The molecule has 0 spiro atoms. The molecule has 24 heavy (non-hydrogen) atoms. The fraction of sp³-hybridized carbons (Fsp3) is 0.0667. The molecule has 0 saturated carbocycles.